The van der Waals surface area contributed by atoms with Crippen LogP contribution in [0.25, 0.3) is 0 Å². The van der Waals surface area contributed by atoms with Crippen LogP contribution in [-0.2, 0) is 0 Å². The molecule has 1 N–H and O–H groups in total. The van der Waals surface area contributed by atoms with Crippen molar-refractivity contribution in [3.63, 3.8) is 0 Å². The van der Waals surface area contributed by atoms with E-state index < -0.39 is 0 Å². The molecule has 0 bridgehead atoms. The SMILES string of the molecule is COc1cc(C(=O)Nc2ccc(C)cc2C)ccc1C. The molecule has 20 heavy (non-hydrogen) atoms. The Labute approximate surface area is 119 Å². The van der Waals surface area contributed by atoms with Crippen molar-refractivity contribution < 1.29 is 9.53 Å². The number of rotatable bonds is 3. The lowest BCUT2D eigenvalue weighted by Gasteiger charge is -2.11. The zero-order chi connectivity index (χ0) is 14.7. The van der Waals surface area contributed by atoms with Gasteiger partial charge in [0.25, 0.3) is 5.91 Å². The fourth-order valence-corrected chi connectivity index (χ4v) is 2.11. The van der Waals surface area contributed by atoms with Crippen LogP contribution in [0.5, 0.6) is 5.75 Å². The predicted octanol–water partition coefficient (Wildman–Crippen LogP) is 3.87. The van der Waals surface area contributed by atoms with Crippen LogP contribution in [0.3, 0.4) is 0 Å². The highest BCUT2D eigenvalue weighted by Gasteiger charge is 2.10. The van der Waals surface area contributed by atoms with E-state index in [0.29, 0.717) is 5.56 Å². The van der Waals surface area contributed by atoms with Crippen LogP contribution in [0, 0.1) is 20.8 Å². The van der Waals surface area contributed by atoms with E-state index >= 15 is 0 Å². The first-order chi connectivity index (χ1) is 9.51. The third-order valence-corrected chi connectivity index (χ3v) is 3.30. The van der Waals surface area contributed by atoms with E-state index in [1.807, 2.05) is 45.0 Å². The lowest BCUT2D eigenvalue weighted by Crippen LogP contribution is -2.13. The largest absolute Gasteiger partial charge is 0.496 e. The molecule has 2 aromatic carbocycles. The number of benzene rings is 2. The molecular formula is C17H19NO2. The Balaban J connectivity index is 2.24. The molecule has 0 fully saturated rings. The van der Waals surface area contributed by atoms with Gasteiger partial charge in [-0.2, -0.15) is 0 Å². The van der Waals surface area contributed by atoms with E-state index in [0.717, 1.165) is 22.6 Å². The molecule has 0 saturated carbocycles. The van der Waals surface area contributed by atoms with E-state index in [2.05, 4.69) is 5.32 Å². The number of carbonyl (C=O) groups is 1. The molecule has 0 saturated heterocycles. The topological polar surface area (TPSA) is 38.3 Å². The number of hydrogen-bond acceptors (Lipinski definition) is 2. The number of nitrogens with one attached hydrogen (secondary N) is 1. The number of hydrogen-bond donors (Lipinski definition) is 1. The van der Waals surface area contributed by atoms with Crippen molar-refractivity contribution in [1.82, 2.24) is 0 Å². The second-order valence-corrected chi connectivity index (χ2v) is 4.96. The summed E-state index contributed by atoms with van der Waals surface area (Å²) >= 11 is 0. The van der Waals surface area contributed by atoms with Crippen LogP contribution in [-0.4, -0.2) is 13.0 Å². The molecule has 0 spiro atoms. The fourth-order valence-electron chi connectivity index (χ4n) is 2.11. The molecule has 3 heteroatoms. The Kier molecular flexibility index (Phi) is 4.08. The smallest absolute Gasteiger partial charge is 0.255 e. The van der Waals surface area contributed by atoms with E-state index in [-0.39, 0.29) is 5.91 Å². The third kappa shape index (κ3) is 2.99. The molecule has 0 radical (unpaired) electrons. The molecule has 0 aliphatic rings. The van der Waals surface area contributed by atoms with Gasteiger partial charge in [0.05, 0.1) is 7.11 Å². The fraction of sp³-hybridized carbons (Fsp3) is 0.235. The molecule has 2 rings (SSSR count). The lowest BCUT2D eigenvalue weighted by molar-refractivity contribution is 0.102. The standard InChI is InChI=1S/C17H19NO2/c1-11-5-8-15(13(3)9-11)18-17(19)14-7-6-12(2)16(10-14)20-4/h5-10H,1-4H3,(H,18,19). The molecule has 1 amide bonds. The quantitative estimate of drug-likeness (QED) is 0.918. The summed E-state index contributed by atoms with van der Waals surface area (Å²) in [5, 5.41) is 2.93. The minimum absolute atomic E-state index is 0.129. The Morgan fingerprint density at radius 3 is 2.40 bits per heavy atom. The van der Waals surface area contributed by atoms with Crippen molar-refractivity contribution in [3.8, 4) is 5.75 Å². The van der Waals surface area contributed by atoms with E-state index in [1.54, 1.807) is 19.2 Å². The number of ether oxygens (including phenoxy) is 1. The van der Waals surface area contributed by atoms with Crippen molar-refractivity contribution >= 4 is 11.6 Å². The van der Waals surface area contributed by atoms with Gasteiger partial charge in [0.15, 0.2) is 0 Å². The van der Waals surface area contributed by atoms with Crippen LogP contribution in [0.15, 0.2) is 36.4 Å². The molecule has 0 unspecified atom stereocenters. The van der Waals surface area contributed by atoms with Gasteiger partial charge in [0.1, 0.15) is 5.75 Å². The molecule has 2 aromatic rings. The van der Waals surface area contributed by atoms with Crippen molar-refractivity contribution in [3.05, 3.63) is 58.7 Å². The normalized spacial score (nSPS) is 10.2. The Morgan fingerprint density at radius 2 is 1.75 bits per heavy atom. The molecular weight excluding hydrogens is 250 g/mol. The van der Waals surface area contributed by atoms with Crippen molar-refractivity contribution in [2.24, 2.45) is 0 Å². The average Bonchev–Trinajstić information content (AvgIpc) is 2.42. The van der Waals surface area contributed by atoms with Gasteiger partial charge in [-0.15, -0.1) is 0 Å². The highest BCUT2D eigenvalue weighted by atomic mass is 16.5. The molecule has 0 aromatic heterocycles. The zero-order valence-corrected chi connectivity index (χ0v) is 12.3. The van der Waals surface area contributed by atoms with Gasteiger partial charge in [0, 0.05) is 11.3 Å². The second kappa shape index (κ2) is 5.78. The Morgan fingerprint density at radius 1 is 1.00 bits per heavy atom. The summed E-state index contributed by atoms with van der Waals surface area (Å²) in [6, 6.07) is 11.4. The summed E-state index contributed by atoms with van der Waals surface area (Å²) in [5.74, 6) is 0.591. The van der Waals surface area contributed by atoms with Gasteiger partial charge in [0.2, 0.25) is 0 Å². The molecule has 104 valence electrons. The predicted molar refractivity (Wildman–Crippen MR) is 81.6 cm³/mol. The first-order valence-electron chi connectivity index (χ1n) is 6.54. The third-order valence-electron chi connectivity index (χ3n) is 3.30. The molecule has 0 atom stereocenters. The van der Waals surface area contributed by atoms with Crippen molar-refractivity contribution in [1.29, 1.82) is 0 Å². The van der Waals surface area contributed by atoms with Crippen molar-refractivity contribution in [2.45, 2.75) is 20.8 Å². The molecule has 0 aliphatic carbocycles. The first kappa shape index (κ1) is 14.1. The maximum atomic E-state index is 12.3. The van der Waals surface area contributed by atoms with Gasteiger partial charge < -0.3 is 10.1 Å². The highest BCUT2D eigenvalue weighted by Crippen LogP contribution is 2.21. The van der Waals surface area contributed by atoms with Crippen LogP contribution in [0.2, 0.25) is 0 Å². The van der Waals surface area contributed by atoms with Gasteiger partial charge in [-0.25, -0.2) is 0 Å². The maximum absolute atomic E-state index is 12.3. The van der Waals surface area contributed by atoms with Crippen LogP contribution >= 0.6 is 0 Å². The van der Waals surface area contributed by atoms with Crippen LogP contribution in [0.4, 0.5) is 5.69 Å². The summed E-state index contributed by atoms with van der Waals surface area (Å²) in [4.78, 5) is 12.3. The van der Waals surface area contributed by atoms with Crippen LogP contribution in [0.1, 0.15) is 27.0 Å². The molecule has 0 aliphatic heterocycles. The van der Waals surface area contributed by atoms with E-state index in [4.69, 9.17) is 4.74 Å². The first-order valence-corrected chi connectivity index (χ1v) is 6.54. The second-order valence-electron chi connectivity index (χ2n) is 4.96. The minimum atomic E-state index is -0.129. The van der Waals surface area contributed by atoms with Gasteiger partial charge in [-0.1, -0.05) is 23.8 Å². The number of aryl methyl sites for hydroxylation is 3. The Hall–Kier alpha value is -2.29. The maximum Gasteiger partial charge on any atom is 0.255 e. The number of carbonyl (C=O) groups excluding carboxylic acids is 1. The van der Waals surface area contributed by atoms with Gasteiger partial charge >= 0.3 is 0 Å². The van der Waals surface area contributed by atoms with E-state index in [1.165, 1.54) is 5.56 Å². The lowest BCUT2D eigenvalue weighted by atomic mass is 10.1. The monoisotopic (exact) mass is 269 g/mol. The molecule has 3 nitrogen and oxygen atoms in total. The highest BCUT2D eigenvalue weighted by molar-refractivity contribution is 6.05. The van der Waals surface area contributed by atoms with E-state index in [9.17, 15) is 4.79 Å². The Bertz CT molecular complexity index is 647. The summed E-state index contributed by atoms with van der Waals surface area (Å²) in [7, 11) is 1.61. The zero-order valence-electron chi connectivity index (χ0n) is 12.3. The summed E-state index contributed by atoms with van der Waals surface area (Å²) < 4.78 is 5.25. The van der Waals surface area contributed by atoms with Gasteiger partial charge in [-0.05, 0) is 50.1 Å². The van der Waals surface area contributed by atoms with Crippen molar-refractivity contribution in [2.75, 3.05) is 12.4 Å². The number of methoxy groups -OCH3 is 1. The summed E-state index contributed by atoms with van der Waals surface area (Å²) in [6.07, 6.45) is 0. The summed E-state index contributed by atoms with van der Waals surface area (Å²) in [5.41, 5.74) is 4.66. The average molecular weight is 269 g/mol. The van der Waals surface area contributed by atoms with Crippen LogP contribution < -0.4 is 10.1 Å². The number of anilines is 1. The van der Waals surface area contributed by atoms with Gasteiger partial charge in [-0.3, -0.25) is 4.79 Å². The number of amides is 1. The summed E-state index contributed by atoms with van der Waals surface area (Å²) in [6.45, 7) is 5.96. The molecule has 0 heterocycles. The minimum Gasteiger partial charge on any atom is -0.496 e.